The second kappa shape index (κ2) is 11.4. The van der Waals surface area contributed by atoms with Gasteiger partial charge in [0.2, 0.25) is 0 Å². The number of aliphatic carboxylic acids is 1. The van der Waals surface area contributed by atoms with Crippen LogP contribution in [0.4, 0.5) is 4.79 Å². The SMILES string of the molecule is Cl.N[C@@H](CCCCNC(=O)OCc1cccc(C=O)c1)C(=O)O. The summed E-state index contributed by atoms with van der Waals surface area (Å²) in [6.45, 7) is 0.469. The highest BCUT2D eigenvalue weighted by Crippen LogP contribution is 2.05. The average molecular weight is 345 g/mol. The highest BCUT2D eigenvalue weighted by molar-refractivity contribution is 5.85. The molecule has 1 amide bonds. The van der Waals surface area contributed by atoms with Crippen LogP contribution in [0.15, 0.2) is 24.3 Å². The fourth-order valence-corrected chi connectivity index (χ4v) is 1.76. The molecule has 1 aromatic rings. The number of hydrogen-bond acceptors (Lipinski definition) is 5. The number of carboxylic acid groups (broad SMARTS) is 1. The molecule has 0 unspecified atom stereocenters. The van der Waals surface area contributed by atoms with Crippen LogP contribution in [-0.2, 0) is 16.1 Å². The Hall–Kier alpha value is -2.12. The van der Waals surface area contributed by atoms with E-state index >= 15 is 0 Å². The van der Waals surface area contributed by atoms with Crippen molar-refractivity contribution in [2.75, 3.05) is 6.54 Å². The molecule has 0 saturated heterocycles. The molecule has 0 saturated carbocycles. The van der Waals surface area contributed by atoms with Crippen molar-refractivity contribution < 1.29 is 24.2 Å². The van der Waals surface area contributed by atoms with Crippen LogP contribution in [0.2, 0.25) is 0 Å². The van der Waals surface area contributed by atoms with E-state index in [-0.39, 0.29) is 19.0 Å². The predicted molar refractivity (Wildman–Crippen MR) is 86.7 cm³/mol. The number of nitrogens with two attached hydrogens (primary N) is 1. The molecule has 8 heteroatoms. The highest BCUT2D eigenvalue weighted by atomic mass is 35.5. The Kier molecular flexibility index (Phi) is 10.4. The molecule has 0 fully saturated rings. The number of carbonyl (C=O) groups is 3. The molecule has 0 heterocycles. The third kappa shape index (κ3) is 8.80. The lowest BCUT2D eigenvalue weighted by Crippen LogP contribution is -2.30. The van der Waals surface area contributed by atoms with Crippen LogP contribution in [0.5, 0.6) is 0 Å². The average Bonchev–Trinajstić information content (AvgIpc) is 2.52. The summed E-state index contributed by atoms with van der Waals surface area (Å²) in [5.41, 5.74) is 6.61. The topological polar surface area (TPSA) is 119 Å². The molecule has 1 aromatic carbocycles. The van der Waals surface area contributed by atoms with Gasteiger partial charge in [0.15, 0.2) is 0 Å². The number of benzene rings is 1. The number of aldehydes is 1. The zero-order chi connectivity index (χ0) is 16.4. The number of unbranched alkanes of at least 4 members (excludes halogenated alkanes) is 1. The third-order valence-corrected chi connectivity index (χ3v) is 2.99. The van der Waals surface area contributed by atoms with Crippen molar-refractivity contribution in [3.63, 3.8) is 0 Å². The molecule has 0 spiro atoms. The molecule has 1 atom stereocenters. The fraction of sp³-hybridized carbons (Fsp3) is 0.400. The Morgan fingerprint density at radius 3 is 2.74 bits per heavy atom. The summed E-state index contributed by atoms with van der Waals surface area (Å²) in [6.07, 6.45) is 1.76. The van der Waals surface area contributed by atoms with Crippen molar-refractivity contribution in [2.24, 2.45) is 5.73 Å². The summed E-state index contributed by atoms with van der Waals surface area (Å²) in [5.74, 6) is -1.02. The van der Waals surface area contributed by atoms with E-state index in [2.05, 4.69) is 5.32 Å². The Balaban J connectivity index is 0.00000484. The van der Waals surface area contributed by atoms with Crippen molar-refractivity contribution in [2.45, 2.75) is 31.9 Å². The van der Waals surface area contributed by atoms with Crippen molar-refractivity contribution in [1.82, 2.24) is 5.32 Å². The van der Waals surface area contributed by atoms with E-state index in [1.54, 1.807) is 24.3 Å². The Bertz CT molecular complexity index is 524. The van der Waals surface area contributed by atoms with E-state index in [1.807, 2.05) is 0 Å². The van der Waals surface area contributed by atoms with E-state index in [0.717, 1.165) is 11.8 Å². The lowest BCUT2D eigenvalue weighted by Gasteiger charge is -2.08. The van der Waals surface area contributed by atoms with Gasteiger partial charge in [-0.1, -0.05) is 18.2 Å². The van der Waals surface area contributed by atoms with Crippen LogP contribution >= 0.6 is 12.4 Å². The zero-order valence-corrected chi connectivity index (χ0v) is 13.4. The molecular formula is C15H21ClN2O5. The van der Waals surface area contributed by atoms with Gasteiger partial charge in [-0.25, -0.2) is 4.79 Å². The Labute approximate surface area is 140 Å². The van der Waals surface area contributed by atoms with E-state index in [0.29, 0.717) is 31.4 Å². The normalized spacial score (nSPS) is 11.0. The summed E-state index contributed by atoms with van der Waals surface area (Å²) < 4.78 is 5.01. The maximum atomic E-state index is 11.5. The van der Waals surface area contributed by atoms with E-state index in [4.69, 9.17) is 15.6 Å². The quantitative estimate of drug-likeness (QED) is 0.463. The van der Waals surface area contributed by atoms with Gasteiger partial charge in [0.05, 0.1) is 0 Å². The smallest absolute Gasteiger partial charge is 0.407 e. The standard InChI is InChI=1S/C15H20N2O5.ClH/c16-13(14(19)20)6-1-2-7-17-15(21)22-10-12-5-3-4-11(8-12)9-18;/h3-5,8-9,13H,1-2,6-7,10,16H2,(H,17,21)(H,19,20);1H/t13-;/m0./s1. The lowest BCUT2D eigenvalue weighted by molar-refractivity contribution is -0.138. The van der Waals surface area contributed by atoms with Crippen LogP contribution in [0.25, 0.3) is 0 Å². The largest absolute Gasteiger partial charge is 0.480 e. The maximum absolute atomic E-state index is 11.5. The first-order valence-corrected chi connectivity index (χ1v) is 6.96. The van der Waals surface area contributed by atoms with Gasteiger partial charge in [0.1, 0.15) is 18.9 Å². The van der Waals surface area contributed by atoms with Gasteiger partial charge in [-0.05, 0) is 30.9 Å². The molecule has 0 bridgehead atoms. The lowest BCUT2D eigenvalue weighted by atomic mass is 10.1. The zero-order valence-electron chi connectivity index (χ0n) is 12.6. The first kappa shape index (κ1) is 20.9. The number of ether oxygens (including phenoxy) is 1. The number of hydrogen-bond donors (Lipinski definition) is 3. The number of carbonyl (C=O) groups excluding carboxylic acids is 2. The number of amides is 1. The van der Waals surface area contributed by atoms with Crippen molar-refractivity contribution >= 4 is 30.8 Å². The Morgan fingerprint density at radius 1 is 1.35 bits per heavy atom. The molecule has 0 aliphatic rings. The minimum atomic E-state index is -1.02. The second-order valence-electron chi connectivity index (χ2n) is 4.81. The number of halogens is 1. The van der Waals surface area contributed by atoms with Crippen LogP contribution in [0.1, 0.15) is 35.2 Å². The van der Waals surface area contributed by atoms with Gasteiger partial charge in [-0.3, -0.25) is 9.59 Å². The van der Waals surface area contributed by atoms with Gasteiger partial charge in [-0.2, -0.15) is 0 Å². The molecule has 128 valence electrons. The van der Waals surface area contributed by atoms with E-state index in [1.165, 1.54) is 0 Å². The highest BCUT2D eigenvalue weighted by Gasteiger charge is 2.10. The molecular weight excluding hydrogens is 324 g/mol. The Morgan fingerprint density at radius 2 is 2.09 bits per heavy atom. The fourth-order valence-electron chi connectivity index (χ4n) is 1.76. The minimum absolute atomic E-state index is 0. The molecule has 1 rings (SSSR count). The van der Waals surface area contributed by atoms with Crippen molar-refractivity contribution in [3.8, 4) is 0 Å². The number of rotatable bonds is 9. The molecule has 7 nitrogen and oxygen atoms in total. The molecule has 23 heavy (non-hydrogen) atoms. The molecule has 0 aromatic heterocycles. The summed E-state index contributed by atoms with van der Waals surface area (Å²) >= 11 is 0. The summed E-state index contributed by atoms with van der Waals surface area (Å²) in [4.78, 5) is 32.6. The predicted octanol–water partition coefficient (Wildman–Crippen LogP) is 1.73. The molecule has 4 N–H and O–H groups in total. The summed E-state index contributed by atoms with van der Waals surface area (Å²) in [5, 5.41) is 11.2. The molecule has 0 radical (unpaired) electrons. The van der Waals surface area contributed by atoms with Crippen molar-refractivity contribution in [3.05, 3.63) is 35.4 Å². The molecule has 0 aliphatic carbocycles. The van der Waals surface area contributed by atoms with Crippen LogP contribution < -0.4 is 11.1 Å². The van der Waals surface area contributed by atoms with Gasteiger partial charge < -0.3 is 20.9 Å². The van der Waals surface area contributed by atoms with Gasteiger partial charge in [-0.15, -0.1) is 12.4 Å². The second-order valence-corrected chi connectivity index (χ2v) is 4.81. The van der Waals surface area contributed by atoms with Gasteiger partial charge in [0.25, 0.3) is 0 Å². The summed E-state index contributed by atoms with van der Waals surface area (Å²) in [7, 11) is 0. The minimum Gasteiger partial charge on any atom is -0.480 e. The van der Waals surface area contributed by atoms with Crippen LogP contribution in [0.3, 0.4) is 0 Å². The summed E-state index contributed by atoms with van der Waals surface area (Å²) in [6, 6.07) is 5.92. The van der Waals surface area contributed by atoms with Gasteiger partial charge in [0, 0.05) is 12.1 Å². The third-order valence-electron chi connectivity index (χ3n) is 2.99. The maximum Gasteiger partial charge on any atom is 0.407 e. The van der Waals surface area contributed by atoms with Crippen LogP contribution in [0, 0.1) is 0 Å². The number of alkyl carbamates (subject to hydrolysis) is 1. The van der Waals surface area contributed by atoms with E-state index in [9.17, 15) is 14.4 Å². The van der Waals surface area contributed by atoms with Gasteiger partial charge >= 0.3 is 12.1 Å². The first-order valence-electron chi connectivity index (χ1n) is 6.96. The van der Waals surface area contributed by atoms with Crippen molar-refractivity contribution in [1.29, 1.82) is 0 Å². The van der Waals surface area contributed by atoms with Crippen LogP contribution in [-0.4, -0.2) is 36.0 Å². The number of carboxylic acids is 1. The van der Waals surface area contributed by atoms with E-state index < -0.39 is 18.1 Å². The monoisotopic (exact) mass is 344 g/mol. The first-order chi connectivity index (χ1) is 10.5. The molecule has 0 aliphatic heterocycles. The number of nitrogens with one attached hydrogen (secondary N) is 1.